The molecule has 0 aliphatic rings. The van der Waals surface area contributed by atoms with Crippen LogP contribution in [0.2, 0.25) is 10.0 Å². The molecule has 0 aliphatic carbocycles. The summed E-state index contributed by atoms with van der Waals surface area (Å²) in [5.74, 6) is -0.419. The van der Waals surface area contributed by atoms with Crippen LogP contribution in [0.3, 0.4) is 0 Å². The zero-order valence-corrected chi connectivity index (χ0v) is 16.9. The molecule has 0 spiro atoms. The summed E-state index contributed by atoms with van der Waals surface area (Å²) in [7, 11) is -3.72. The van der Waals surface area contributed by atoms with Crippen molar-refractivity contribution < 1.29 is 13.2 Å². The third-order valence-electron chi connectivity index (χ3n) is 3.90. The van der Waals surface area contributed by atoms with E-state index in [0.29, 0.717) is 5.02 Å². The summed E-state index contributed by atoms with van der Waals surface area (Å²) in [4.78, 5) is 12.7. The molecule has 2 aromatic rings. The lowest BCUT2D eigenvalue weighted by Gasteiger charge is -2.29. The summed E-state index contributed by atoms with van der Waals surface area (Å²) < 4.78 is 25.6. The first-order chi connectivity index (χ1) is 12.1. The van der Waals surface area contributed by atoms with Crippen LogP contribution in [-0.2, 0) is 14.8 Å². The molecule has 2 aromatic carbocycles. The maximum Gasteiger partial charge on any atom is 0.244 e. The van der Waals surface area contributed by atoms with Crippen molar-refractivity contribution in [3.8, 4) is 0 Å². The number of hydrogen-bond donors (Lipinski definition) is 1. The van der Waals surface area contributed by atoms with Gasteiger partial charge in [0.2, 0.25) is 15.9 Å². The number of hydrogen-bond acceptors (Lipinski definition) is 3. The Morgan fingerprint density at radius 1 is 1.04 bits per heavy atom. The quantitative estimate of drug-likeness (QED) is 0.775. The molecule has 1 unspecified atom stereocenters. The van der Waals surface area contributed by atoms with Crippen LogP contribution in [-0.4, -0.2) is 26.6 Å². The molecular weight excluding hydrogens is 395 g/mol. The Balaban J connectivity index is 2.27. The summed E-state index contributed by atoms with van der Waals surface area (Å²) in [6.45, 7) is 3.36. The molecule has 140 valence electrons. The Hall–Kier alpha value is -1.76. The van der Waals surface area contributed by atoms with Gasteiger partial charge in [0.05, 0.1) is 28.0 Å². The number of halogens is 2. The van der Waals surface area contributed by atoms with E-state index in [-0.39, 0.29) is 16.8 Å². The zero-order chi connectivity index (χ0) is 19.5. The third kappa shape index (κ3) is 4.90. The van der Waals surface area contributed by atoms with Gasteiger partial charge >= 0.3 is 0 Å². The fourth-order valence-electron chi connectivity index (χ4n) is 2.59. The van der Waals surface area contributed by atoms with Crippen molar-refractivity contribution in [3.05, 3.63) is 64.1 Å². The lowest BCUT2D eigenvalue weighted by Crippen LogP contribution is -2.48. The van der Waals surface area contributed by atoms with Gasteiger partial charge in [-0.25, -0.2) is 8.42 Å². The van der Waals surface area contributed by atoms with Crippen LogP contribution in [0.4, 0.5) is 5.69 Å². The Labute approximate surface area is 164 Å². The van der Waals surface area contributed by atoms with E-state index in [1.54, 1.807) is 0 Å². The molecule has 0 radical (unpaired) electrons. The predicted molar refractivity (Wildman–Crippen MR) is 106 cm³/mol. The molecule has 0 bridgehead atoms. The minimum Gasteiger partial charge on any atom is -0.348 e. The average Bonchev–Trinajstić information content (AvgIpc) is 2.57. The van der Waals surface area contributed by atoms with Gasteiger partial charge in [0, 0.05) is 0 Å². The van der Waals surface area contributed by atoms with Gasteiger partial charge in [-0.05, 0) is 37.6 Å². The highest BCUT2D eigenvalue weighted by Crippen LogP contribution is 2.29. The molecule has 26 heavy (non-hydrogen) atoms. The molecule has 0 fully saturated rings. The number of nitrogens with zero attached hydrogens (tertiary/aromatic N) is 1. The Bertz CT molecular complexity index is 889. The second kappa shape index (κ2) is 8.29. The zero-order valence-electron chi connectivity index (χ0n) is 14.6. The van der Waals surface area contributed by atoms with Gasteiger partial charge in [0.25, 0.3) is 0 Å². The van der Waals surface area contributed by atoms with Gasteiger partial charge in [-0.2, -0.15) is 0 Å². The van der Waals surface area contributed by atoms with Gasteiger partial charge in [-0.15, -0.1) is 0 Å². The number of nitrogens with one attached hydrogen (secondary N) is 1. The van der Waals surface area contributed by atoms with E-state index in [4.69, 9.17) is 23.2 Å². The van der Waals surface area contributed by atoms with E-state index in [0.717, 1.165) is 16.1 Å². The normalized spacial score (nSPS) is 13.7. The summed E-state index contributed by atoms with van der Waals surface area (Å²) >= 11 is 11.9. The molecule has 2 atom stereocenters. The molecule has 1 N–H and O–H groups in total. The van der Waals surface area contributed by atoms with Crippen molar-refractivity contribution in [1.29, 1.82) is 0 Å². The van der Waals surface area contributed by atoms with Gasteiger partial charge in [0.1, 0.15) is 6.04 Å². The fourth-order valence-corrected chi connectivity index (χ4v) is 4.05. The number of sulfonamides is 1. The van der Waals surface area contributed by atoms with Gasteiger partial charge < -0.3 is 5.32 Å². The Morgan fingerprint density at radius 3 is 2.19 bits per heavy atom. The van der Waals surface area contributed by atoms with Crippen molar-refractivity contribution >= 4 is 44.8 Å². The van der Waals surface area contributed by atoms with Crippen LogP contribution < -0.4 is 9.62 Å². The summed E-state index contributed by atoms with van der Waals surface area (Å²) in [5, 5.41) is 3.36. The minimum absolute atomic E-state index is 0.211. The van der Waals surface area contributed by atoms with E-state index in [2.05, 4.69) is 5.32 Å². The number of rotatable bonds is 6. The van der Waals surface area contributed by atoms with Crippen LogP contribution in [0.5, 0.6) is 0 Å². The third-order valence-corrected chi connectivity index (χ3v) is 5.89. The predicted octanol–water partition coefficient (Wildman–Crippen LogP) is 4.03. The second-order valence-corrected chi connectivity index (χ2v) is 8.65. The van der Waals surface area contributed by atoms with E-state index >= 15 is 0 Å². The molecule has 0 aromatic heterocycles. The van der Waals surface area contributed by atoms with E-state index < -0.39 is 22.0 Å². The smallest absolute Gasteiger partial charge is 0.244 e. The summed E-state index contributed by atoms with van der Waals surface area (Å²) in [6.07, 6.45) is 1.04. The van der Waals surface area contributed by atoms with Crippen molar-refractivity contribution in [2.75, 3.05) is 10.6 Å². The molecule has 5 nitrogen and oxygen atoms in total. The van der Waals surface area contributed by atoms with Crippen molar-refractivity contribution in [3.63, 3.8) is 0 Å². The van der Waals surface area contributed by atoms with Gasteiger partial charge in [-0.1, -0.05) is 53.5 Å². The van der Waals surface area contributed by atoms with E-state index in [9.17, 15) is 13.2 Å². The topological polar surface area (TPSA) is 66.5 Å². The minimum atomic E-state index is -3.72. The van der Waals surface area contributed by atoms with Crippen molar-refractivity contribution in [2.45, 2.75) is 25.9 Å². The highest BCUT2D eigenvalue weighted by molar-refractivity contribution is 7.92. The molecular formula is C18H20Cl2N2O3S. The first-order valence-electron chi connectivity index (χ1n) is 7.91. The van der Waals surface area contributed by atoms with Crippen LogP contribution >= 0.6 is 23.2 Å². The lowest BCUT2D eigenvalue weighted by atomic mass is 10.1. The summed E-state index contributed by atoms with van der Waals surface area (Å²) in [6, 6.07) is 12.6. The Morgan fingerprint density at radius 2 is 1.65 bits per heavy atom. The number of anilines is 1. The first-order valence-corrected chi connectivity index (χ1v) is 10.5. The molecule has 0 saturated heterocycles. The molecule has 0 saturated carbocycles. The van der Waals surface area contributed by atoms with Gasteiger partial charge in [0.15, 0.2) is 0 Å². The van der Waals surface area contributed by atoms with Crippen LogP contribution in [0.25, 0.3) is 0 Å². The van der Waals surface area contributed by atoms with Crippen molar-refractivity contribution in [2.24, 2.45) is 0 Å². The average molecular weight is 415 g/mol. The highest BCUT2D eigenvalue weighted by atomic mass is 35.5. The Kier molecular flexibility index (Phi) is 6.55. The molecule has 1 amide bonds. The SMILES string of the molecule is CC(C(=O)N[C@H](C)c1ccccc1)N(c1ccc(Cl)c(Cl)c1)S(C)(=O)=O. The molecule has 8 heteroatoms. The number of carbonyl (C=O) groups excluding carboxylic acids is 1. The number of carbonyl (C=O) groups is 1. The molecule has 0 aliphatic heterocycles. The van der Waals surface area contributed by atoms with Gasteiger partial charge in [-0.3, -0.25) is 9.10 Å². The maximum atomic E-state index is 12.7. The summed E-state index contributed by atoms with van der Waals surface area (Å²) in [5.41, 5.74) is 1.20. The first kappa shape index (κ1) is 20.6. The monoisotopic (exact) mass is 414 g/mol. The molecule has 0 heterocycles. The standard InChI is InChI=1S/C18H20Cl2N2O3S/c1-12(14-7-5-4-6-8-14)21-18(23)13(2)22(26(3,24)25)15-9-10-16(19)17(20)11-15/h4-13H,1-3H3,(H,21,23)/t12-,13?/m1/s1. The number of amides is 1. The fraction of sp³-hybridized carbons (Fsp3) is 0.278. The van der Waals surface area contributed by atoms with Crippen LogP contribution in [0.15, 0.2) is 48.5 Å². The lowest BCUT2D eigenvalue weighted by molar-refractivity contribution is -0.122. The van der Waals surface area contributed by atoms with E-state index in [1.165, 1.54) is 25.1 Å². The van der Waals surface area contributed by atoms with Crippen LogP contribution in [0.1, 0.15) is 25.5 Å². The highest BCUT2D eigenvalue weighted by Gasteiger charge is 2.30. The number of benzene rings is 2. The van der Waals surface area contributed by atoms with Crippen molar-refractivity contribution in [1.82, 2.24) is 5.32 Å². The molecule has 2 rings (SSSR count). The van der Waals surface area contributed by atoms with E-state index in [1.807, 2.05) is 37.3 Å². The maximum absolute atomic E-state index is 12.7. The largest absolute Gasteiger partial charge is 0.348 e. The van der Waals surface area contributed by atoms with Crippen LogP contribution in [0, 0.1) is 0 Å². The second-order valence-electron chi connectivity index (χ2n) is 5.97.